The molecule has 258 valence electrons. The van der Waals surface area contributed by atoms with E-state index in [1.54, 1.807) is 0 Å². The number of esters is 1. The van der Waals surface area contributed by atoms with Crippen LogP contribution < -0.4 is 0 Å². The van der Waals surface area contributed by atoms with Gasteiger partial charge >= 0.3 is 5.97 Å². The summed E-state index contributed by atoms with van der Waals surface area (Å²) in [6.45, 7) is 4.15. The number of ether oxygens (including phenoxy) is 2. The molecule has 4 N–H and O–H groups in total. The summed E-state index contributed by atoms with van der Waals surface area (Å²) in [6, 6.07) is 0. The Morgan fingerprint density at radius 3 is 1.84 bits per heavy atom. The van der Waals surface area contributed by atoms with E-state index in [9.17, 15) is 25.2 Å². The van der Waals surface area contributed by atoms with Crippen LogP contribution in [0.4, 0.5) is 0 Å². The van der Waals surface area contributed by atoms with Gasteiger partial charge < -0.3 is 29.9 Å². The monoisotopic (exact) mass is 624 g/mol. The molecule has 7 nitrogen and oxygen atoms in total. The van der Waals surface area contributed by atoms with E-state index in [0.29, 0.717) is 32.1 Å². The summed E-state index contributed by atoms with van der Waals surface area (Å²) in [4.78, 5) is 11.7. The van der Waals surface area contributed by atoms with Gasteiger partial charge in [0.05, 0.1) is 48.6 Å². The van der Waals surface area contributed by atoms with Gasteiger partial charge in [0.25, 0.3) is 0 Å². The molecule has 0 radical (unpaired) electrons. The summed E-state index contributed by atoms with van der Waals surface area (Å²) in [5, 5.41) is 41.8. The number of allylic oxidation sites excluding steroid dienone is 2. The first kappa shape index (κ1) is 39.2. The molecular formula is C37H68O7. The van der Waals surface area contributed by atoms with Crippen molar-refractivity contribution < 1.29 is 34.7 Å². The van der Waals surface area contributed by atoms with Crippen LogP contribution in [0.2, 0.25) is 0 Å². The van der Waals surface area contributed by atoms with Crippen LogP contribution in [0, 0.1) is 5.92 Å². The van der Waals surface area contributed by atoms with Crippen molar-refractivity contribution in [1.82, 2.24) is 0 Å². The number of carbonyl (C=O) groups is 1. The van der Waals surface area contributed by atoms with Gasteiger partial charge in [0, 0.05) is 0 Å². The lowest BCUT2D eigenvalue weighted by molar-refractivity contribution is -0.144. The third-order valence-corrected chi connectivity index (χ3v) is 9.65. The van der Waals surface area contributed by atoms with Crippen molar-refractivity contribution in [2.75, 3.05) is 0 Å². The van der Waals surface area contributed by atoms with Crippen LogP contribution in [0.15, 0.2) is 12.2 Å². The van der Waals surface area contributed by atoms with E-state index in [1.165, 1.54) is 51.4 Å². The van der Waals surface area contributed by atoms with Crippen LogP contribution in [-0.4, -0.2) is 69.1 Å². The first-order valence-corrected chi connectivity index (χ1v) is 18.5. The molecule has 0 aromatic rings. The molecule has 2 saturated heterocycles. The molecule has 2 fully saturated rings. The molecule has 0 aromatic carbocycles. The smallest absolute Gasteiger partial charge is 0.309 e. The molecule has 2 rings (SSSR count). The first-order valence-electron chi connectivity index (χ1n) is 18.5. The number of aliphatic hydroxyl groups excluding tert-OH is 4. The van der Waals surface area contributed by atoms with Gasteiger partial charge in [-0.15, -0.1) is 0 Å². The van der Waals surface area contributed by atoms with E-state index in [0.717, 1.165) is 70.6 Å². The Bertz CT molecular complexity index is 743. The lowest BCUT2D eigenvalue weighted by atomic mass is 9.95. The van der Waals surface area contributed by atoms with Crippen molar-refractivity contribution in [3.63, 3.8) is 0 Å². The molecule has 0 bridgehead atoms. The van der Waals surface area contributed by atoms with Crippen LogP contribution in [0.25, 0.3) is 0 Å². The molecule has 2 unspecified atom stereocenters. The van der Waals surface area contributed by atoms with Gasteiger partial charge in [0.2, 0.25) is 0 Å². The minimum Gasteiger partial charge on any atom is -0.462 e. The maximum atomic E-state index is 11.7. The maximum Gasteiger partial charge on any atom is 0.309 e. The Labute approximate surface area is 269 Å². The Morgan fingerprint density at radius 1 is 0.682 bits per heavy atom. The van der Waals surface area contributed by atoms with Gasteiger partial charge in [-0.25, -0.2) is 0 Å². The molecule has 8 atom stereocenters. The van der Waals surface area contributed by atoms with Crippen LogP contribution in [0.3, 0.4) is 0 Å². The number of aliphatic hydroxyl groups is 4. The van der Waals surface area contributed by atoms with Crippen molar-refractivity contribution >= 4 is 5.97 Å². The molecule has 2 aliphatic heterocycles. The topological polar surface area (TPSA) is 116 Å². The molecule has 0 saturated carbocycles. The number of rotatable bonds is 27. The molecule has 2 aliphatic rings. The average molecular weight is 625 g/mol. The number of cyclic esters (lactones) is 1. The fourth-order valence-electron chi connectivity index (χ4n) is 6.82. The van der Waals surface area contributed by atoms with Gasteiger partial charge in [0.1, 0.15) is 0 Å². The Balaban J connectivity index is 1.41. The van der Waals surface area contributed by atoms with Gasteiger partial charge in [-0.05, 0) is 84.0 Å². The van der Waals surface area contributed by atoms with Gasteiger partial charge in [-0.1, -0.05) is 96.1 Å². The van der Waals surface area contributed by atoms with E-state index in [4.69, 9.17) is 9.47 Å². The molecule has 44 heavy (non-hydrogen) atoms. The van der Waals surface area contributed by atoms with Crippen molar-refractivity contribution in [1.29, 1.82) is 0 Å². The van der Waals surface area contributed by atoms with E-state index in [2.05, 4.69) is 19.1 Å². The fourth-order valence-corrected chi connectivity index (χ4v) is 6.82. The highest BCUT2D eigenvalue weighted by Crippen LogP contribution is 2.29. The zero-order valence-electron chi connectivity index (χ0n) is 28.3. The molecule has 2 heterocycles. The van der Waals surface area contributed by atoms with Crippen LogP contribution in [-0.2, 0) is 14.3 Å². The Kier molecular flexibility index (Phi) is 21.6. The van der Waals surface area contributed by atoms with E-state index in [-0.39, 0.29) is 36.3 Å². The molecule has 0 aliphatic carbocycles. The number of hydrogen-bond acceptors (Lipinski definition) is 7. The van der Waals surface area contributed by atoms with E-state index >= 15 is 0 Å². The normalized spacial score (nSPS) is 25.0. The minimum atomic E-state index is -0.517. The zero-order valence-corrected chi connectivity index (χ0v) is 28.3. The third-order valence-electron chi connectivity index (χ3n) is 9.65. The predicted molar refractivity (Wildman–Crippen MR) is 177 cm³/mol. The quantitative estimate of drug-likeness (QED) is 0.0420. The SMILES string of the molecule is CCCCCCCCCC/C=C\CC[C@@H](O)[C@H]1CC[C@H]([C@H](O)CCCCC(O)CCCCC[C@@H](O)CC2C[C@H](C)OC2=O)O1. The number of hydrogen-bond donors (Lipinski definition) is 4. The molecule has 0 aromatic heterocycles. The summed E-state index contributed by atoms with van der Waals surface area (Å²) < 4.78 is 11.2. The standard InChI is InChI=1S/C37H68O7/c1-3-4-5-6-7-8-9-10-11-12-13-17-23-33(40)35-25-26-36(44-35)34(41)24-19-18-21-31(38)20-15-14-16-22-32(39)28-30-27-29(2)43-37(30)42/h12-13,29-36,38-41H,3-11,14-28H2,1-2H3/b13-12-/t29-,30?,31?,32+,33+,34+,35+,36+/m0/s1. The summed E-state index contributed by atoms with van der Waals surface area (Å²) >= 11 is 0. The lowest BCUT2D eigenvalue weighted by Gasteiger charge is -2.22. The summed E-state index contributed by atoms with van der Waals surface area (Å²) in [5.41, 5.74) is 0. The third kappa shape index (κ3) is 17.6. The Hall–Kier alpha value is -0.990. The minimum absolute atomic E-state index is 0.0384. The fraction of sp³-hybridized carbons (Fsp3) is 0.919. The summed E-state index contributed by atoms with van der Waals surface area (Å²) in [5.74, 6) is -0.343. The highest BCUT2D eigenvalue weighted by Gasteiger charge is 2.34. The van der Waals surface area contributed by atoms with Gasteiger partial charge in [-0.3, -0.25) is 4.79 Å². The zero-order chi connectivity index (χ0) is 32.0. The summed E-state index contributed by atoms with van der Waals surface area (Å²) in [6.07, 6.45) is 25.8. The molecular weight excluding hydrogens is 556 g/mol. The van der Waals surface area contributed by atoms with Gasteiger partial charge in [-0.2, -0.15) is 0 Å². The first-order chi connectivity index (χ1) is 21.3. The van der Waals surface area contributed by atoms with Crippen LogP contribution in [0.5, 0.6) is 0 Å². The lowest BCUT2D eigenvalue weighted by Crippen LogP contribution is -2.31. The van der Waals surface area contributed by atoms with Crippen LogP contribution >= 0.6 is 0 Å². The molecule has 0 spiro atoms. The van der Waals surface area contributed by atoms with Gasteiger partial charge in [0.15, 0.2) is 0 Å². The highest BCUT2D eigenvalue weighted by molar-refractivity contribution is 5.74. The maximum absolute atomic E-state index is 11.7. The summed E-state index contributed by atoms with van der Waals surface area (Å²) in [7, 11) is 0. The molecule has 0 amide bonds. The molecule has 7 heteroatoms. The second-order valence-electron chi connectivity index (χ2n) is 13.9. The van der Waals surface area contributed by atoms with Crippen molar-refractivity contribution in [2.24, 2.45) is 5.92 Å². The second-order valence-corrected chi connectivity index (χ2v) is 13.9. The van der Waals surface area contributed by atoms with Crippen molar-refractivity contribution in [2.45, 2.75) is 211 Å². The second kappa shape index (κ2) is 24.2. The Morgan fingerprint density at radius 2 is 1.20 bits per heavy atom. The predicted octanol–water partition coefficient (Wildman–Crippen LogP) is 7.70. The van der Waals surface area contributed by atoms with E-state index in [1.807, 2.05) is 6.92 Å². The number of carbonyl (C=O) groups excluding carboxylic acids is 1. The van der Waals surface area contributed by atoms with Crippen LogP contribution in [0.1, 0.15) is 168 Å². The highest BCUT2D eigenvalue weighted by atomic mass is 16.6. The van der Waals surface area contributed by atoms with E-state index < -0.39 is 18.3 Å². The van der Waals surface area contributed by atoms with Crippen molar-refractivity contribution in [3.05, 3.63) is 12.2 Å². The number of unbranched alkanes of at least 4 members (excludes halogenated alkanes) is 11. The largest absolute Gasteiger partial charge is 0.462 e. The van der Waals surface area contributed by atoms with Crippen molar-refractivity contribution in [3.8, 4) is 0 Å². The average Bonchev–Trinajstić information content (AvgIpc) is 3.61.